The third-order valence-electron chi connectivity index (χ3n) is 3.73. The molecule has 3 aromatic rings. The number of para-hydroxylation sites is 1. The van der Waals surface area contributed by atoms with Crippen molar-refractivity contribution in [3.8, 4) is 11.1 Å². The number of hydrogen-bond acceptors (Lipinski definition) is 2. The highest BCUT2D eigenvalue weighted by Gasteiger charge is 2.18. The van der Waals surface area contributed by atoms with Crippen molar-refractivity contribution >= 4 is 34.4 Å². The van der Waals surface area contributed by atoms with Crippen LogP contribution in [0.5, 0.6) is 0 Å². The highest BCUT2D eigenvalue weighted by Crippen LogP contribution is 2.29. The number of benzene rings is 3. The first kappa shape index (κ1) is 15.8. The molecule has 0 aliphatic heterocycles. The lowest BCUT2D eigenvalue weighted by atomic mass is 9.83. The molecule has 4 heteroatoms. The van der Waals surface area contributed by atoms with E-state index in [0.29, 0.717) is 0 Å². The fraction of sp³-hybridized carbons (Fsp3) is 0.0526. The smallest absolute Gasteiger partial charge is 0.414 e. The highest BCUT2D eigenvalue weighted by atomic mass is 79.9. The van der Waals surface area contributed by atoms with Gasteiger partial charge in [-0.05, 0) is 54.3 Å². The van der Waals surface area contributed by atoms with Crippen LogP contribution >= 0.6 is 15.9 Å². The molecule has 0 spiro atoms. The highest BCUT2D eigenvalue weighted by molar-refractivity contribution is 9.10. The molecule has 114 valence electrons. The van der Waals surface area contributed by atoms with Gasteiger partial charge >= 0.3 is 7.05 Å². The molecule has 0 aliphatic rings. The molecule has 0 saturated heterocycles. The number of nitrogens with zero attached hydrogens (tertiary/aromatic N) is 1. The van der Waals surface area contributed by atoms with E-state index in [1.165, 1.54) is 5.56 Å². The van der Waals surface area contributed by atoms with Gasteiger partial charge in [-0.25, -0.2) is 0 Å². The normalized spacial score (nSPS) is 10.4. The van der Waals surface area contributed by atoms with Gasteiger partial charge in [-0.3, -0.25) is 0 Å². The van der Waals surface area contributed by atoms with Gasteiger partial charge in [-0.1, -0.05) is 58.4 Å². The van der Waals surface area contributed by atoms with Crippen molar-refractivity contribution in [2.24, 2.45) is 0 Å². The van der Waals surface area contributed by atoms with E-state index in [0.717, 1.165) is 21.4 Å². The van der Waals surface area contributed by atoms with Crippen molar-refractivity contribution in [1.29, 1.82) is 0 Å². The Morgan fingerprint density at radius 1 is 0.739 bits per heavy atom. The second-order valence-electron chi connectivity index (χ2n) is 5.39. The fourth-order valence-electron chi connectivity index (χ4n) is 2.63. The Labute approximate surface area is 145 Å². The number of anilines is 2. The first-order chi connectivity index (χ1) is 11.1. The van der Waals surface area contributed by atoms with Gasteiger partial charge in [-0.2, -0.15) is 0 Å². The Hall–Kier alpha value is -2.04. The number of rotatable bonds is 4. The zero-order valence-corrected chi connectivity index (χ0v) is 14.4. The number of halogens is 1. The summed E-state index contributed by atoms with van der Waals surface area (Å²) in [6, 6.07) is 26.4. The maximum Gasteiger partial charge on any atom is 0.414 e. The summed E-state index contributed by atoms with van der Waals surface area (Å²) < 4.78 is 1.07. The molecule has 1 N–H and O–H groups in total. The Balaban J connectivity index is 1.92. The van der Waals surface area contributed by atoms with E-state index in [1.807, 2.05) is 59.4 Å². The van der Waals surface area contributed by atoms with Crippen LogP contribution in [0.25, 0.3) is 11.1 Å². The van der Waals surface area contributed by atoms with Gasteiger partial charge in [-0.15, -0.1) is 0 Å². The van der Waals surface area contributed by atoms with E-state index in [1.54, 1.807) is 6.82 Å². The summed E-state index contributed by atoms with van der Waals surface area (Å²) >= 11 is 3.46. The maximum absolute atomic E-state index is 10.2. The van der Waals surface area contributed by atoms with E-state index in [2.05, 4.69) is 40.2 Å². The lowest BCUT2D eigenvalue weighted by Crippen LogP contribution is -2.32. The zero-order chi connectivity index (χ0) is 16.2. The maximum atomic E-state index is 10.2. The van der Waals surface area contributed by atoms with Crippen molar-refractivity contribution in [3.63, 3.8) is 0 Å². The predicted molar refractivity (Wildman–Crippen MR) is 102 cm³/mol. The summed E-state index contributed by atoms with van der Waals surface area (Å²) in [5.41, 5.74) is 4.26. The van der Waals surface area contributed by atoms with E-state index >= 15 is 0 Å². The first-order valence-electron chi connectivity index (χ1n) is 7.53. The van der Waals surface area contributed by atoms with Crippen LogP contribution in [0.3, 0.4) is 0 Å². The van der Waals surface area contributed by atoms with Crippen molar-refractivity contribution in [2.45, 2.75) is 6.82 Å². The molecule has 0 atom stereocenters. The minimum Gasteiger partial charge on any atom is -0.432 e. The van der Waals surface area contributed by atoms with Gasteiger partial charge in [0.25, 0.3) is 0 Å². The largest absolute Gasteiger partial charge is 0.432 e. The van der Waals surface area contributed by atoms with Crippen molar-refractivity contribution < 1.29 is 5.02 Å². The Kier molecular flexibility index (Phi) is 4.84. The molecular formula is C19H17BBrNO. The van der Waals surface area contributed by atoms with Crippen LogP contribution in [-0.4, -0.2) is 12.1 Å². The molecule has 3 rings (SSSR count). The molecule has 23 heavy (non-hydrogen) atoms. The molecule has 0 saturated carbocycles. The third-order valence-corrected chi connectivity index (χ3v) is 4.26. The van der Waals surface area contributed by atoms with E-state index in [4.69, 9.17) is 0 Å². The Morgan fingerprint density at radius 2 is 1.22 bits per heavy atom. The van der Waals surface area contributed by atoms with Crippen LogP contribution < -0.4 is 4.81 Å². The van der Waals surface area contributed by atoms with Crippen LogP contribution in [0, 0.1) is 0 Å². The lowest BCUT2D eigenvalue weighted by molar-refractivity contribution is 0.578. The van der Waals surface area contributed by atoms with Crippen LogP contribution in [0.2, 0.25) is 6.82 Å². The Morgan fingerprint density at radius 3 is 1.74 bits per heavy atom. The molecule has 0 radical (unpaired) electrons. The van der Waals surface area contributed by atoms with Crippen LogP contribution in [-0.2, 0) is 0 Å². The van der Waals surface area contributed by atoms with Gasteiger partial charge in [0.2, 0.25) is 0 Å². The van der Waals surface area contributed by atoms with Crippen LogP contribution in [0.1, 0.15) is 0 Å². The van der Waals surface area contributed by atoms with Gasteiger partial charge in [0.15, 0.2) is 0 Å². The summed E-state index contributed by atoms with van der Waals surface area (Å²) in [6.07, 6.45) is 0. The summed E-state index contributed by atoms with van der Waals surface area (Å²) in [5, 5.41) is 10.2. The summed E-state index contributed by atoms with van der Waals surface area (Å²) in [7, 11) is -0.601. The topological polar surface area (TPSA) is 23.5 Å². The molecule has 0 heterocycles. The van der Waals surface area contributed by atoms with Crippen LogP contribution in [0.15, 0.2) is 83.3 Å². The molecule has 3 aromatic carbocycles. The van der Waals surface area contributed by atoms with Crippen molar-refractivity contribution in [1.82, 2.24) is 0 Å². The molecular weight excluding hydrogens is 349 g/mol. The quantitative estimate of drug-likeness (QED) is 0.628. The monoisotopic (exact) mass is 365 g/mol. The van der Waals surface area contributed by atoms with Gasteiger partial charge < -0.3 is 9.83 Å². The molecule has 2 nitrogen and oxygen atoms in total. The van der Waals surface area contributed by atoms with Gasteiger partial charge in [0.05, 0.1) is 0 Å². The zero-order valence-electron chi connectivity index (χ0n) is 12.9. The lowest BCUT2D eigenvalue weighted by Gasteiger charge is -2.26. The molecule has 0 aliphatic carbocycles. The van der Waals surface area contributed by atoms with E-state index in [9.17, 15) is 5.02 Å². The molecule has 0 unspecified atom stereocenters. The first-order valence-corrected chi connectivity index (χ1v) is 8.33. The van der Waals surface area contributed by atoms with Crippen LogP contribution in [0.4, 0.5) is 11.4 Å². The molecule has 0 bridgehead atoms. The summed E-state index contributed by atoms with van der Waals surface area (Å²) in [4.78, 5) is 1.91. The SMILES string of the molecule is CB(O)N(c1ccccc1)c1ccc(-c2ccc(Br)cc2)cc1. The standard InChI is InChI=1S/C19H17BBrNO/c1-20(23)22(18-5-3-2-4-6-18)19-13-9-16(10-14-19)15-7-11-17(21)12-8-15/h2-14,23H,1H3. The predicted octanol–water partition coefficient (Wildman–Crippen LogP) is 5.36. The van der Waals surface area contributed by atoms with E-state index < -0.39 is 7.05 Å². The summed E-state index contributed by atoms with van der Waals surface area (Å²) in [5.74, 6) is 0. The van der Waals surface area contributed by atoms with E-state index in [-0.39, 0.29) is 0 Å². The minimum absolute atomic E-state index is 0.601. The Bertz CT molecular complexity index is 758. The second-order valence-corrected chi connectivity index (χ2v) is 6.31. The van der Waals surface area contributed by atoms with Crippen molar-refractivity contribution in [3.05, 3.63) is 83.3 Å². The average Bonchev–Trinajstić information content (AvgIpc) is 2.57. The molecule has 0 amide bonds. The minimum atomic E-state index is -0.601. The number of hydrogen-bond donors (Lipinski definition) is 1. The third kappa shape index (κ3) is 3.66. The van der Waals surface area contributed by atoms with Crippen molar-refractivity contribution in [2.75, 3.05) is 4.81 Å². The van der Waals surface area contributed by atoms with Gasteiger partial charge in [0, 0.05) is 15.8 Å². The van der Waals surface area contributed by atoms with Gasteiger partial charge in [0.1, 0.15) is 0 Å². The molecule has 0 fully saturated rings. The fourth-order valence-corrected chi connectivity index (χ4v) is 2.89. The summed E-state index contributed by atoms with van der Waals surface area (Å²) in [6.45, 7) is 1.77. The molecule has 0 aromatic heterocycles. The second kappa shape index (κ2) is 7.03. The average molecular weight is 366 g/mol.